The molecule has 2 aliphatic heterocycles. The molecule has 0 spiro atoms. The molecule has 0 unspecified atom stereocenters. The molecule has 4 rings (SSSR count). The predicted octanol–water partition coefficient (Wildman–Crippen LogP) is 2.48. The number of hydrogen-bond acceptors (Lipinski definition) is 5. The third-order valence-electron chi connectivity index (χ3n) is 6.51. The zero-order valence-electron chi connectivity index (χ0n) is 18.4. The van der Waals surface area contributed by atoms with E-state index in [0.29, 0.717) is 18.4 Å². The Balaban J connectivity index is 1.54. The largest absolute Gasteiger partial charge is 0.341 e. The summed E-state index contributed by atoms with van der Waals surface area (Å²) in [6, 6.07) is 8.49. The first kappa shape index (κ1) is 20.9. The molecule has 6 nitrogen and oxygen atoms in total. The number of likely N-dealkylation sites (N-methyl/N-ethyl adjacent to an activating group) is 1. The standard InChI is InChI=1S/C24H33N5O/c1-18-13-20(16-29(15-18)23(30)17-28-11-9-27(3)10-12-28)21-7-6-19(14-25-2)24-22(21)5-4-8-26-24/h4-8,14,18,20H,9-13,15-17H2,1-3H3/t18-,20-/m1/s1. The first-order chi connectivity index (χ1) is 14.5. The summed E-state index contributed by atoms with van der Waals surface area (Å²) in [4.78, 5) is 28.6. The van der Waals surface area contributed by atoms with E-state index in [0.717, 1.165) is 56.8 Å². The van der Waals surface area contributed by atoms with Crippen molar-refractivity contribution in [3.63, 3.8) is 0 Å². The number of carbonyl (C=O) groups excluding carboxylic acids is 1. The van der Waals surface area contributed by atoms with Gasteiger partial charge in [-0.25, -0.2) is 0 Å². The van der Waals surface area contributed by atoms with E-state index in [9.17, 15) is 4.79 Å². The fourth-order valence-electron chi connectivity index (χ4n) is 4.89. The van der Waals surface area contributed by atoms with Gasteiger partial charge in [0.25, 0.3) is 0 Å². The highest BCUT2D eigenvalue weighted by Gasteiger charge is 2.31. The molecule has 0 aliphatic carbocycles. The Morgan fingerprint density at radius 3 is 2.77 bits per heavy atom. The average molecular weight is 408 g/mol. The van der Waals surface area contributed by atoms with E-state index in [2.05, 4.69) is 56.8 Å². The van der Waals surface area contributed by atoms with Gasteiger partial charge >= 0.3 is 0 Å². The number of aliphatic imine (C=N–C) groups is 1. The van der Waals surface area contributed by atoms with Gasteiger partial charge in [-0.15, -0.1) is 0 Å². The van der Waals surface area contributed by atoms with Crippen LogP contribution in [0.25, 0.3) is 10.9 Å². The molecule has 2 saturated heterocycles. The summed E-state index contributed by atoms with van der Waals surface area (Å²) in [5.41, 5.74) is 3.34. The van der Waals surface area contributed by atoms with E-state index in [-0.39, 0.29) is 5.91 Å². The Hall–Kier alpha value is -2.31. The summed E-state index contributed by atoms with van der Waals surface area (Å²) in [5.74, 6) is 1.10. The van der Waals surface area contributed by atoms with E-state index in [1.807, 2.05) is 18.5 Å². The van der Waals surface area contributed by atoms with Crippen LogP contribution in [0, 0.1) is 5.92 Å². The van der Waals surface area contributed by atoms with Gasteiger partial charge in [0.1, 0.15) is 0 Å². The molecule has 0 saturated carbocycles. The lowest BCUT2D eigenvalue weighted by molar-refractivity contribution is -0.134. The van der Waals surface area contributed by atoms with Gasteiger partial charge in [-0.3, -0.25) is 19.7 Å². The molecule has 1 aromatic heterocycles. The molecule has 2 fully saturated rings. The lowest BCUT2D eigenvalue weighted by Gasteiger charge is -2.39. The van der Waals surface area contributed by atoms with Crippen molar-refractivity contribution in [1.82, 2.24) is 19.7 Å². The minimum absolute atomic E-state index is 0.272. The van der Waals surface area contributed by atoms with E-state index in [1.54, 1.807) is 7.05 Å². The average Bonchev–Trinajstić information content (AvgIpc) is 2.75. The van der Waals surface area contributed by atoms with Crippen molar-refractivity contribution < 1.29 is 4.79 Å². The number of hydrogen-bond donors (Lipinski definition) is 0. The summed E-state index contributed by atoms with van der Waals surface area (Å²) in [5, 5.41) is 1.18. The van der Waals surface area contributed by atoms with Crippen LogP contribution in [-0.4, -0.2) is 91.7 Å². The first-order valence-electron chi connectivity index (χ1n) is 11.0. The van der Waals surface area contributed by atoms with Crippen LogP contribution in [0.4, 0.5) is 0 Å². The Morgan fingerprint density at radius 2 is 2.00 bits per heavy atom. The second-order valence-electron chi connectivity index (χ2n) is 8.95. The van der Waals surface area contributed by atoms with Crippen molar-refractivity contribution >= 4 is 23.0 Å². The third kappa shape index (κ3) is 4.55. The van der Waals surface area contributed by atoms with Crippen LogP contribution in [-0.2, 0) is 4.79 Å². The van der Waals surface area contributed by atoms with Crippen LogP contribution in [0.1, 0.15) is 30.4 Å². The summed E-state index contributed by atoms with van der Waals surface area (Å²) in [6.45, 7) is 8.50. The second-order valence-corrected chi connectivity index (χ2v) is 8.95. The zero-order chi connectivity index (χ0) is 21.1. The van der Waals surface area contributed by atoms with Gasteiger partial charge in [0.2, 0.25) is 5.91 Å². The van der Waals surface area contributed by atoms with Crippen LogP contribution in [0.2, 0.25) is 0 Å². The number of piperidine rings is 1. The fraction of sp³-hybridized carbons (Fsp3) is 0.542. The predicted molar refractivity (Wildman–Crippen MR) is 122 cm³/mol. The maximum atomic E-state index is 13.1. The van der Waals surface area contributed by atoms with Gasteiger partial charge in [-0.2, -0.15) is 0 Å². The number of rotatable bonds is 4. The maximum absolute atomic E-state index is 13.1. The first-order valence-corrected chi connectivity index (χ1v) is 11.0. The monoisotopic (exact) mass is 407 g/mol. The Labute approximate surface area is 179 Å². The molecule has 6 heteroatoms. The third-order valence-corrected chi connectivity index (χ3v) is 6.51. The Kier molecular flexibility index (Phi) is 6.44. The van der Waals surface area contributed by atoms with Gasteiger partial charge in [0.05, 0.1) is 12.1 Å². The molecule has 0 N–H and O–H groups in total. The summed E-state index contributed by atoms with van der Waals surface area (Å²) in [7, 11) is 3.93. The minimum Gasteiger partial charge on any atom is -0.341 e. The number of pyridine rings is 1. The normalized spacial score (nSPS) is 24.0. The molecule has 0 bridgehead atoms. The number of aromatic nitrogens is 1. The van der Waals surface area contributed by atoms with Crippen molar-refractivity contribution in [2.24, 2.45) is 10.9 Å². The van der Waals surface area contributed by atoms with Crippen LogP contribution >= 0.6 is 0 Å². The SMILES string of the molecule is CN=Cc1ccc([C@@H]2C[C@@H](C)CN(C(=O)CN3CCN(C)CC3)C2)c2cccnc12. The number of likely N-dealkylation sites (tertiary alicyclic amines) is 1. The van der Waals surface area contributed by atoms with E-state index >= 15 is 0 Å². The second kappa shape index (κ2) is 9.23. The quantitative estimate of drug-likeness (QED) is 0.731. The Bertz CT molecular complexity index is 919. The van der Waals surface area contributed by atoms with Crippen molar-refractivity contribution in [1.29, 1.82) is 0 Å². The molecule has 2 aliphatic rings. The number of benzene rings is 1. The van der Waals surface area contributed by atoms with Crippen LogP contribution < -0.4 is 0 Å². The van der Waals surface area contributed by atoms with Crippen LogP contribution in [0.5, 0.6) is 0 Å². The molecule has 1 aromatic carbocycles. The van der Waals surface area contributed by atoms with E-state index < -0.39 is 0 Å². The zero-order valence-corrected chi connectivity index (χ0v) is 18.4. The van der Waals surface area contributed by atoms with Crippen molar-refractivity contribution in [3.8, 4) is 0 Å². The molecule has 0 radical (unpaired) electrons. The molecule has 160 valence electrons. The van der Waals surface area contributed by atoms with Gasteiger partial charge in [0, 0.05) is 75.6 Å². The van der Waals surface area contributed by atoms with Gasteiger partial charge < -0.3 is 9.80 Å². The minimum atomic E-state index is 0.272. The maximum Gasteiger partial charge on any atom is 0.236 e. The molecule has 2 aromatic rings. The molecule has 3 heterocycles. The highest BCUT2D eigenvalue weighted by molar-refractivity contribution is 5.99. The molecular weight excluding hydrogens is 374 g/mol. The molecule has 2 atom stereocenters. The number of amides is 1. The highest BCUT2D eigenvalue weighted by Crippen LogP contribution is 2.34. The lowest BCUT2D eigenvalue weighted by Crippen LogP contribution is -2.51. The fourth-order valence-corrected chi connectivity index (χ4v) is 4.89. The van der Waals surface area contributed by atoms with Gasteiger partial charge in [-0.1, -0.05) is 25.1 Å². The van der Waals surface area contributed by atoms with Crippen molar-refractivity contribution in [3.05, 3.63) is 41.6 Å². The topological polar surface area (TPSA) is 52.0 Å². The number of nitrogens with zero attached hydrogens (tertiary/aromatic N) is 5. The summed E-state index contributed by atoms with van der Waals surface area (Å²) >= 11 is 0. The molecule has 30 heavy (non-hydrogen) atoms. The van der Waals surface area contributed by atoms with Crippen molar-refractivity contribution in [2.75, 3.05) is 59.9 Å². The Morgan fingerprint density at radius 1 is 1.20 bits per heavy atom. The van der Waals surface area contributed by atoms with Gasteiger partial charge in [0.15, 0.2) is 0 Å². The number of piperazine rings is 1. The summed E-state index contributed by atoms with van der Waals surface area (Å²) in [6.07, 6.45) is 4.81. The van der Waals surface area contributed by atoms with Crippen LogP contribution in [0.15, 0.2) is 35.5 Å². The van der Waals surface area contributed by atoms with E-state index in [1.165, 1.54) is 10.9 Å². The highest BCUT2D eigenvalue weighted by atomic mass is 16.2. The molecular formula is C24H33N5O. The van der Waals surface area contributed by atoms with E-state index in [4.69, 9.17) is 0 Å². The lowest BCUT2D eigenvalue weighted by atomic mass is 9.83. The molecule has 1 amide bonds. The number of carbonyl (C=O) groups is 1. The van der Waals surface area contributed by atoms with Crippen molar-refractivity contribution in [2.45, 2.75) is 19.3 Å². The smallest absolute Gasteiger partial charge is 0.236 e. The van der Waals surface area contributed by atoms with Gasteiger partial charge in [-0.05, 0) is 31.0 Å². The number of fused-ring (bicyclic) bond motifs is 1. The summed E-state index contributed by atoms with van der Waals surface area (Å²) < 4.78 is 0. The van der Waals surface area contributed by atoms with Crippen LogP contribution in [0.3, 0.4) is 0 Å².